The van der Waals surface area contributed by atoms with Crippen molar-refractivity contribution in [1.82, 2.24) is 4.90 Å². The Hall–Kier alpha value is -0.410. The molecule has 3 heteroatoms. The van der Waals surface area contributed by atoms with Gasteiger partial charge in [-0.1, -0.05) is 0 Å². The van der Waals surface area contributed by atoms with Crippen LogP contribution >= 0.6 is 0 Å². The lowest BCUT2D eigenvalue weighted by Gasteiger charge is -2.29. The molecule has 1 atom stereocenters. The average molecular weight is 142 g/mol. The van der Waals surface area contributed by atoms with E-state index >= 15 is 0 Å². The van der Waals surface area contributed by atoms with E-state index in [1.807, 2.05) is 11.9 Å². The van der Waals surface area contributed by atoms with Crippen LogP contribution in [0.2, 0.25) is 0 Å². The number of carbonyl (C=O) groups is 1. The Balaban J connectivity index is 2.43. The van der Waals surface area contributed by atoms with Gasteiger partial charge in [0.25, 0.3) is 0 Å². The van der Waals surface area contributed by atoms with Crippen LogP contribution in [0.15, 0.2) is 0 Å². The van der Waals surface area contributed by atoms with Crippen LogP contribution in [-0.4, -0.2) is 36.9 Å². The molecule has 0 saturated carbocycles. The topological polar surface area (TPSA) is 40.2 Å². The molecule has 0 aromatic heterocycles. The Morgan fingerprint density at radius 3 is 2.90 bits per heavy atom. The maximum atomic E-state index is 10.8. The Bertz CT molecular complexity index is 136. The van der Waals surface area contributed by atoms with Crippen LogP contribution in [0.25, 0.3) is 0 Å². The van der Waals surface area contributed by atoms with Crippen LogP contribution in [-0.2, 0) is 9.90 Å². The van der Waals surface area contributed by atoms with Crippen molar-refractivity contribution in [3.63, 3.8) is 0 Å². The van der Waals surface area contributed by atoms with Gasteiger partial charge in [-0.25, -0.2) is 5.11 Å². The zero-order chi connectivity index (χ0) is 7.56. The van der Waals surface area contributed by atoms with Gasteiger partial charge in [0.1, 0.15) is 5.78 Å². The molecule has 0 spiro atoms. The van der Waals surface area contributed by atoms with E-state index in [4.69, 9.17) is 0 Å². The molecule has 0 N–H and O–H groups in total. The Morgan fingerprint density at radius 2 is 2.40 bits per heavy atom. The Labute approximate surface area is 60.6 Å². The molecule has 1 aliphatic rings. The van der Waals surface area contributed by atoms with Gasteiger partial charge in [-0.15, -0.1) is 0 Å². The number of Topliss-reactive ketones (excluding diaryl/α,β-unsaturated/α-hetero) is 1. The van der Waals surface area contributed by atoms with E-state index in [-0.39, 0.29) is 18.4 Å². The van der Waals surface area contributed by atoms with E-state index in [1.54, 1.807) is 0 Å². The number of carbonyl (C=O) groups excluding carboxylic acids is 1. The first kappa shape index (κ1) is 7.69. The molecule has 10 heavy (non-hydrogen) atoms. The van der Waals surface area contributed by atoms with Crippen molar-refractivity contribution in [2.75, 3.05) is 20.2 Å². The van der Waals surface area contributed by atoms with Crippen LogP contribution < -0.4 is 0 Å². The molecule has 0 aliphatic carbocycles. The highest BCUT2D eigenvalue weighted by atomic mass is 16.3. The quantitative estimate of drug-likeness (QED) is 0.520. The van der Waals surface area contributed by atoms with Crippen LogP contribution in [0.3, 0.4) is 0 Å². The number of likely N-dealkylation sites (N-methyl/N-ethyl adjacent to an activating group) is 1. The van der Waals surface area contributed by atoms with Crippen LogP contribution in [0.4, 0.5) is 0 Å². The van der Waals surface area contributed by atoms with Crippen molar-refractivity contribution in [2.24, 2.45) is 0 Å². The zero-order valence-corrected chi connectivity index (χ0v) is 6.17. The summed E-state index contributed by atoms with van der Waals surface area (Å²) in [6.45, 7) is 0.386. The minimum absolute atomic E-state index is 0.0796. The SMILES string of the molecule is CN1CC(=O)CCC1C[O]. The summed E-state index contributed by atoms with van der Waals surface area (Å²) in [5.41, 5.74) is 0. The van der Waals surface area contributed by atoms with Crippen molar-refractivity contribution in [2.45, 2.75) is 18.9 Å². The van der Waals surface area contributed by atoms with E-state index in [0.29, 0.717) is 13.0 Å². The first-order chi connectivity index (χ1) is 4.74. The predicted molar refractivity (Wildman–Crippen MR) is 36.2 cm³/mol. The smallest absolute Gasteiger partial charge is 0.146 e. The highest BCUT2D eigenvalue weighted by molar-refractivity contribution is 5.81. The summed E-state index contributed by atoms with van der Waals surface area (Å²) in [6, 6.07) is 0.0951. The lowest BCUT2D eigenvalue weighted by Crippen LogP contribution is -2.42. The molecule has 1 heterocycles. The fourth-order valence-corrected chi connectivity index (χ4v) is 1.24. The molecule has 1 fully saturated rings. The van der Waals surface area contributed by atoms with Gasteiger partial charge < -0.3 is 0 Å². The molecule has 1 rings (SSSR count). The number of rotatable bonds is 1. The number of hydrogen-bond donors (Lipinski definition) is 0. The predicted octanol–water partition coefficient (Wildman–Crippen LogP) is 0.0802. The third kappa shape index (κ3) is 1.55. The molecule has 1 saturated heterocycles. The molecular formula is C7H12NO2. The van der Waals surface area contributed by atoms with E-state index in [2.05, 4.69) is 0 Å². The van der Waals surface area contributed by atoms with Gasteiger partial charge in [0.05, 0.1) is 13.2 Å². The Morgan fingerprint density at radius 1 is 1.70 bits per heavy atom. The number of piperidine rings is 1. The number of likely N-dealkylation sites (tertiary alicyclic amines) is 1. The maximum absolute atomic E-state index is 10.8. The summed E-state index contributed by atoms with van der Waals surface area (Å²) in [5.74, 6) is 0.257. The van der Waals surface area contributed by atoms with Crippen molar-refractivity contribution in [3.8, 4) is 0 Å². The summed E-state index contributed by atoms with van der Waals surface area (Å²) >= 11 is 0. The summed E-state index contributed by atoms with van der Waals surface area (Å²) in [5, 5.41) is 10.4. The molecule has 0 bridgehead atoms. The normalized spacial score (nSPS) is 29.0. The Kier molecular flexibility index (Phi) is 2.40. The van der Waals surface area contributed by atoms with Crippen molar-refractivity contribution in [1.29, 1.82) is 0 Å². The molecule has 57 valence electrons. The molecule has 1 aliphatic heterocycles. The van der Waals surface area contributed by atoms with Crippen LogP contribution in [0, 0.1) is 0 Å². The highest BCUT2D eigenvalue weighted by Gasteiger charge is 2.22. The van der Waals surface area contributed by atoms with Crippen LogP contribution in [0.1, 0.15) is 12.8 Å². The number of hydrogen-bond acceptors (Lipinski definition) is 2. The second kappa shape index (κ2) is 3.12. The zero-order valence-electron chi connectivity index (χ0n) is 6.17. The average Bonchev–Trinajstić information content (AvgIpc) is 1.88. The summed E-state index contributed by atoms with van der Waals surface area (Å²) in [6.07, 6.45) is 1.34. The van der Waals surface area contributed by atoms with E-state index in [0.717, 1.165) is 6.42 Å². The summed E-state index contributed by atoms with van der Waals surface area (Å²) in [7, 11) is 1.83. The lowest BCUT2D eigenvalue weighted by molar-refractivity contribution is -0.123. The molecule has 0 aromatic carbocycles. The minimum Gasteiger partial charge on any atom is -0.298 e. The summed E-state index contributed by atoms with van der Waals surface area (Å²) in [4.78, 5) is 12.6. The van der Waals surface area contributed by atoms with Gasteiger partial charge in [0.2, 0.25) is 0 Å². The van der Waals surface area contributed by atoms with Gasteiger partial charge in [-0.3, -0.25) is 9.69 Å². The third-order valence-corrected chi connectivity index (χ3v) is 2.00. The second-order valence-corrected chi connectivity index (χ2v) is 2.81. The molecule has 0 aromatic rings. The van der Waals surface area contributed by atoms with E-state index < -0.39 is 0 Å². The largest absolute Gasteiger partial charge is 0.298 e. The van der Waals surface area contributed by atoms with Gasteiger partial charge in [-0.2, -0.15) is 0 Å². The van der Waals surface area contributed by atoms with Gasteiger partial charge in [-0.05, 0) is 13.5 Å². The lowest BCUT2D eigenvalue weighted by atomic mass is 10.0. The molecular weight excluding hydrogens is 130 g/mol. The maximum Gasteiger partial charge on any atom is 0.146 e. The van der Waals surface area contributed by atoms with Crippen molar-refractivity contribution >= 4 is 5.78 Å². The van der Waals surface area contributed by atoms with Gasteiger partial charge >= 0.3 is 0 Å². The van der Waals surface area contributed by atoms with Crippen LogP contribution in [0.5, 0.6) is 0 Å². The van der Waals surface area contributed by atoms with E-state index in [9.17, 15) is 9.90 Å². The van der Waals surface area contributed by atoms with Gasteiger partial charge in [0, 0.05) is 12.5 Å². The van der Waals surface area contributed by atoms with Crippen molar-refractivity contribution in [3.05, 3.63) is 0 Å². The minimum atomic E-state index is -0.0796. The monoisotopic (exact) mass is 142 g/mol. The molecule has 3 nitrogen and oxygen atoms in total. The molecule has 0 amide bonds. The molecule has 1 radical (unpaired) electrons. The molecule has 1 unspecified atom stereocenters. The van der Waals surface area contributed by atoms with E-state index in [1.165, 1.54) is 0 Å². The van der Waals surface area contributed by atoms with Crippen molar-refractivity contribution < 1.29 is 9.90 Å². The fourth-order valence-electron chi connectivity index (χ4n) is 1.24. The first-order valence-electron chi connectivity index (χ1n) is 3.54. The summed E-state index contributed by atoms with van der Waals surface area (Å²) < 4.78 is 0. The third-order valence-electron chi connectivity index (χ3n) is 2.00. The standard InChI is InChI=1S/C7H12NO2/c1-8-4-7(10)3-2-6(8)5-9/h6H,2-5H2,1H3. The highest BCUT2D eigenvalue weighted by Crippen LogP contribution is 2.11. The number of ketones is 1. The second-order valence-electron chi connectivity index (χ2n) is 2.81. The fraction of sp³-hybridized carbons (Fsp3) is 0.857. The first-order valence-corrected chi connectivity index (χ1v) is 3.54. The van der Waals surface area contributed by atoms with Gasteiger partial charge in [0.15, 0.2) is 0 Å². The number of nitrogens with zero attached hydrogens (tertiary/aromatic N) is 1.